The first kappa shape index (κ1) is 19.1. The highest BCUT2D eigenvalue weighted by Crippen LogP contribution is 2.51. The fraction of sp³-hybridized carbons (Fsp3) is 0.240. The van der Waals surface area contributed by atoms with Crippen molar-refractivity contribution in [2.24, 2.45) is 10.9 Å². The molecule has 0 saturated heterocycles. The van der Waals surface area contributed by atoms with Crippen LogP contribution in [-0.2, 0) is 0 Å². The molecular formula is C25H23NO3S. The molecule has 5 heteroatoms. The number of benzene rings is 3. The molecule has 3 aromatic rings. The average molecular weight is 418 g/mol. The van der Waals surface area contributed by atoms with E-state index in [9.17, 15) is 0 Å². The summed E-state index contributed by atoms with van der Waals surface area (Å²) in [4.78, 5) is 6.33. The Bertz CT molecular complexity index is 1140. The van der Waals surface area contributed by atoms with Crippen molar-refractivity contribution in [3.05, 3.63) is 77.4 Å². The molecular weight excluding hydrogens is 394 g/mol. The smallest absolute Gasteiger partial charge is 0.161 e. The molecule has 30 heavy (non-hydrogen) atoms. The van der Waals surface area contributed by atoms with E-state index in [0.717, 1.165) is 34.2 Å². The Balaban J connectivity index is 1.68. The number of rotatable bonds is 3. The third kappa shape index (κ3) is 3.23. The molecule has 0 aromatic heterocycles. The van der Waals surface area contributed by atoms with Crippen LogP contribution in [0.5, 0.6) is 17.2 Å². The van der Waals surface area contributed by atoms with Crippen LogP contribution in [0.15, 0.2) is 70.6 Å². The molecule has 2 aliphatic heterocycles. The van der Waals surface area contributed by atoms with Crippen LogP contribution >= 0.6 is 11.8 Å². The van der Waals surface area contributed by atoms with Gasteiger partial charge in [-0.05, 0) is 48.9 Å². The van der Waals surface area contributed by atoms with Crippen molar-refractivity contribution in [1.82, 2.24) is 0 Å². The SMILES string of the molecule is COc1ccc([C@@H]2Sc3ccccc3N=C3c4cc(C)ccc4OC[C@@H]32)cc1OC. The summed E-state index contributed by atoms with van der Waals surface area (Å²) in [5.41, 5.74) is 5.58. The Morgan fingerprint density at radius 3 is 2.63 bits per heavy atom. The molecule has 0 spiro atoms. The monoisotopic (exact) mass is 417 g/mol. The Labute approximate surface area is 180 Å². The first-order chi connectivity index (χ1) is 14.7. The quantitative estimate of drug-likeness (QED) is 0.525. The number of para-hydroxylation sites is 1. The second kappa shape index (κ2) is 7.73. The molecule has 4 nitrogen and oxygen atoms in total. The van der Waals surface area contributed by atoms with E-state index >= 15 is 0 Å². The summed E-state index contributed by atoms with van der Waals surface area (Å²) in [5.74, 6) is 2.50. The lowest BCUT2D eigenvalue weighted by Crippen LogP contribution is -2.32. The first-order valence-corrected chi connectivity index (χ1v) is 10.9. The van der Waals surface area contributed by atoms with E-state index in [1.807, 2.05) is 23.9 Å². The van der Waals surface area contributed by atoms with Crippen LogP contribution < -0.4 is 14.2 Å². The Hall–Kier alpha value is -2.92. The molecule has 0 fully saturated rings. The minimum absolute atomic E-state index is 0.120. The summed E-state index contributed by atoms with van der Waals surface area (Å²) >= 11 is 1.84. The zero-order valence-corrected chi connectivity index (χ0v) is 18.0. The normalized spacial score (nSPS) is 19.4. The molecule has 5 rings (SSSR count). The van der Waals surface area contributed by atoms with Crippen molar-refractivity contribution in [1.29, 1.82) is 0 Å². The summed E-state index contributed by atoms with van der Waals surface area (Å²) in [7, 11) is 3.33. The third-order valence-electron chi connectivity index (χ3n) is 5.64. The van der Waals surface area contributed by atoms with E-state index in [0.29, 0.717) is 6.61 Å². The highest BCUT2D eigenvalue weighted by atomic mass is 32.2. The molecule has 2 atom stereocenters. The number of methoxy groups -OCH3 is 2. The summed E-state index contributed by atoms with van der Waals surface area (Å²) in [6.45, 7) is 2.70. The van der Waals surface area contributed by atoms with Gasteiger partial charge in [-0.3, -0.25) is 4.99 Å². The van der Waals surface area contributed by atoms with E-state index < -0.39 is 0 Å². The van der Waals surface area contributed by atoms with E-state index in [2.05, 4.69) is 55.5 Å². The van der Waals surface area contributed by atoms with Gasteiger partial charge < -0.3 is 14.2 Å². The van der Waals surface area contributed by atoms with Gasteiger partial charge in [-0.25, -0.2) is 0 Å². The second-order valence-electron chi connectivity index (χ2n) is 7.53. The van der Waals surface area contributed by atoms with Crippen LogP contribution in [0.3, 0.4) is 0 Å². The van der Waals surface area contributed by atoms with Crippen LogP contribution in [0.2, 0.25) is 0 Å². The van der Waals surface area contributed by atoms with E-state index in [-0.39, 0.29) is 11.2 Å². The van der Waals surface area contributed by atoms with Crippen molar-refractivity contribution < 1.29 is 14.2 Å². The van der Waals surface area contributed by atoms with E-state index in [1.165, 1.54) is 16.0 Å². The number of thioether (sulfide) groups is 1. The zero-order valence-electron chi connectivity index (χ0n) is 17.2. The molecule has 0 amide bonds. The molecule has 152 valence electrons. The summed E-state index contributed by atoms with van der Waals surface area (Å²) in [5, 5.41) is 0.140. The van der Waals surface area contributed by atoms with Crippen molar-refractivity contribution in [3.8, 4) is 17.2 Å². The number of hydrogen-bond acceptors (Lipinski definition) is 5. The van der Waals surface area contributed by atoms with Gasteiger partial charge in [0.25, 0.3) is 0 Å². The molecule has 0 radical (unpaired) electrons. The predicted octanol–water partition coefficient (Wildman–Crippen LogP) is 5.99. The maximum atomic E-state index is 6.21. The highest BCUT2D eigenvalue weighted by molar-refractivity contribution is 7.99. The van der Waals surface area contributed by atoms with Crippen molar-refractivity contribution >= 4 is 23.2 Å². The maximum absolute atomic E-state index is 6.21. The van der Waals surface area contributed by atoms with E-state index in [1.54, 1.807) is 14.2 Å². The molecule has 2 heterocycles. The third-order valence-corrected chi connectivity index (χ3v) is 7.10. The standard InChI is InChI=1S/C25H23NO3S/c1-15-8-10-20-17(12-15)24-18(14-29-20)25(30-23-7-5-4-6-19(23)26-24)16-9-11-21(27-2)22(13-16)28-3/h4-13,18,25H,14H2,1-3H3/t18-,25-/m0/s1. The first-order valence-electron chi connectivity index (χ1n) is 9.98. The van der Waals surface area contributed by atoms with Crippen LogP contribution in [-0.4, -0.2) is 26.5 Å². The van der Waals surface area contributed by atoms with Gasteiger partial charge in [-0.15, -0.1) is 11.8 Å². The summed E-state index contributed by atoms with van der Waals surface area (Å²) in [6, 6.07) is 20.9. The largest absolute Gasteiger partial charge is 0.493 e. The molecule has 0 bridgehead atoms. The van der Waals surface area contributed by atoms with Crippen molar-refractivity contribution in [2.75, 3.05) is 20.8 Å². The number of hydrogen-bond donors (Lipinski definition) is 0. The molecule has 0 N–H and O–H groups in total. The topological polar surface area (TPSA) is 40.0 Å². The van der Waals surface area contributed by atoms with E-state index in [4.69, 9.17) is 19.2 Å². The lowest BCUT2D eigenvalue weighted by molar-refractivity contribution is 0.271. The van der Waals surface area contributed by atoms with Crippen molar-refractivity contribution in [3.63, 3.8) is 0 Å². The van der Waals surface area contributed by atoms with Crippen LogP contribution in [0, 0.1) is 12.8 Å². The average Bonchev–Trinajstić information content (AvgIpc) is 2.95. The number of aryl methyl sites for hydroxylation is 1. The lowest BCUT2D eigenvalue weighted by atomic mass is 9.87. The van der Waals surface area contributed by atoms with Crippen LogP contribution in [0.4, 0.5) is 5.69 Å². The van der Waals surface area contributed by atoms with Gasteiger partial charge in [-0.1, -0.05) is 29.8 Å². The Morgan fingerprint density at radius 1 is 0.967 bits per heavy atom. The summed E-state index contributed by atoms with van der Waals surface area (Å²) in [6.07, 6.45) is 0. The Morgan fingerprint density at radius 2 is 1.80 bits per heavy atom. The molecule has 0 aliphatic carbocycles. The number of nitrogens with zero attached hydrogens (tertiary/aromatic N) is 1. The maximum Gasteiger partial charge on any atom is 0.161 e. The predicted molar refractivity (Wildman–Crippen MR) is 121 cm³/mol. The molecule has 2 aliphatic rings. The van der Waals surface area contributed by atoms with Gasteiger partial charge in [-0.2, -0.15) is 0 Å². The van der Waals surface area contributed by atoms with Gasteiger partial charge in [0.15, 0.2) is 11.5 Å². The highest BCUT2D eigenvalue weighted by Gasteiger charge is 2.37. The van der Waals surface area contributed by atoms with Crippen LogP contribution in [0.1, 0.15) is 21.9 Å². The number of ether oxygens (including phenoxy) is 3. The fourth-order valence-corrected chi connectivity index (χ4v) is 5.45. The number of fused-ring (bicyclic) bond motifs is 4. The number of aliphatic imine (C=N–C) groups is 1. The fourth-order valence-electron chi connectivity index (χ4n) is 4.13. The summed E-state index contributed by atoms with van der Waals surface area (Å²) < 4.78 is 17.2. The zero-order chi connectivity index (χ0) is 20.7. The van der Waals surface area contributed by atoms with Gasteiger partial charge in [0.2, 0.25) is 0 Å². The Kier molecular flexibility index (Phi) is 4.91. The minimum atomic E-state index is 0.120. The van der Waals surface area contributed by atoms with Crippen LogP contribution in [0.25, 0.3) is 0 Å². The second-order valence-corrected chi connectivity index (χ2v) is 8.72. The van der Waals surface area contributed by atoms with Gasteiger partial charge in [0.05, 0.1) is 38.1 Å². The minimum Gasteiger partial charge on any atom is -0.493 e. The van der Waals surface area contributed by atoms with Gasteiger partial charge in [0.1, 0.15) is 5.75 Å². The molecule has 3 aromatic carbocycles. The molecule has 0 saturated carbocycles. The lowest BCUT2D eigenvalue weighted by Gasteiger charge is -2.32. The van der Waals surface area contributed by atoms with Crippen molar-refractivity contribution in [2.45, 2.75) is 17.1 Å². The van der Waals surface area contributed by atoms with Gasteiger partial charge in [0, 0.05) is 15.7 Å². The molecule has 0 unspecified atom stereocenters. The van der Waals surface area contributed by atoms with Gasteiger partial charge >= 0.3 is 0 Å².